The normalized spacial score (nSPS) is 15.6. The number of hydrazine groups is 1. The zero-order valence-corrected chi connectivity index (χ0v) is 12.6. The molecule has 0 amide bonds. The Hall–Kier alpha value is -1.63. The standard InChI is InChI=1S/C13H25N7/c1-10(2)9-19(3)12-15-11(18-14)16-13(17-12)20-7-5-4-6-8-20/h10H,4-9,14H2,1-3H3,(H,15,16,17,18). The first kappa shape index (κ1) is 14.8. The third-order valence-corrected chi connectivity index (χ3v) is 3.36. The molecule has 0 aromatic carbocycles. The summed E-state index contributed by atoms with van der Waals surface area (Å²) in [5.41, 5.74) is 2.54. The summed E-state index contributed by atoms with van der Waals surface area (Å²) in [6.45, 7) is 7.24. The van der Waals surface area contributed by atoms with Crippen LogP contribution < -0.4 is 21.1 Å². The van der Waals surface area contributed by atoms with Gasteiger partial charge in [-0.1, -0.05) is 13.8 Å². The number of nitrogens with one attached hydrogen (secondary N) is 1. The second-order valence-electron chi connectivity index (χ2n) is 5.73. The van der Waals surface area contributed by atoms with Gasteiger partial charge in [-0.2, -0.15) is 15.0 Å². The highest BCUT2D eigenvalue weighted by atomic mass is 15.4. The van der Waals surface area contributed by atoms with Crippen molar-refractivity contribution in [3.63, 3.8) is 0 Å². The van der Waals surface area contributed by atoms with Crippen LogP contribution in [-0.4, -0.2) is 41.6 Å². The summed E-state index contributed by atoms with van der Waals surface area (Å²) in [5.74, 6) is 7.84. The van der Waals surface area contributed by atoms with E-state index in [0.717, 1.165) is 25.6 Å². The first-order valence-corrected chi connectivity index (χ1v) is 7.29. The summed E-state index contributed by atoms with van der Waals surface area (Å²) in [5, 5.41) is 0. The van der Waals surface area contributed by atoms with E-state index in [1.54, 1.807) is 0 Å². The highest BCUT2D eigenvalue weighted by Gasteiger charge is 2.17. The lowest BCUT2D eigenvalue weighted by Gasteiger charge is -2.28. The molecule has 1 aromatic heterocycles. The van der Waals surface area contributed by atoms with Crippen LogP contribution in [0.3, 0.4) is 0 Å². The molecule has 7 nitrogen and oxygen atoms in total. The third-order valence-electron chi connectivity index (χ3n) is 3.36. The topological polar surface area (TPSA) is 83.2 Å². The van der Waals surface area contributed by atoms with E-state index >= 15 is 0 Å². The van der Waals surface area contributed by atoms with Crippen LogP contribution in [0.4, 0.5) is 17.8 Å². The van der Waals surface area contributed by atoms with Crippen molar-refractivity contribution in [2.24, 2.45) is 11.8 Å². The van der Waals surface area contributed by atoms with Gasteiger partial charge in [-0.25, -0.2) is 5.84 Å². The summed E-state index contributed by atoms with van der Waals surface area (Å²) < 4.78 is 0. The van der Waals surface area contributed by atoms with E-state index in [2.05, 4.69) is 39.1 Å². The Morgan fingerprint density at radius 1 is 1.20 bits per heavy atom. The van der Waals surface area contributed by atoms with E-state index < -0.39 is 0 Å². The molecule has 0 atom stereocenters. The van der Waals surface area contributed by atoms with Gasteiger partial charge in [0, 0.05) is 26.7 Å². The molecule has 2 rings (SSSR count). The molecular weight excluding hydrogens is 254 g/mol. The zero-order valence-electron chi connectivity index (χ0n) is 12.6. The highest BCUT2D eigenvalue weighted by Crippen LogP contribution is 2.19. The number of anilines is 3. The molecule has 1 aromatic rings. The van der Waals surface area contributed by atoms with Crippen molar-refractivity contribution in [3.05, 3.63) is 0 Å². The fraction of sp³-hybridized carbons (Fsp3) is 0.769. The molecule has 0 unspecified atom stereocenters. The molecule has 1 aliphatic heterocycles. The summed E-state index contributed by atoms with van der Waals surface area (Å²) in [6, 6.07) is 0. The van der Waals surface area contributed by atoms with Crippen molar-refractivity contribution < 1.29 is 0 Å². The van der Waals surface area contributed by atoms with Gasteiger partial charge >= 0.3 is 0 Å². The lowest BCUT2D eigenvalue weighted by molar-refractivity contribution is 0.566. The lowest BCUT2D eigenvalue weighted by atomic mass is 10.1. The van der Waals surface area contributed by atoms with Crippen molar-refractivity contribution in [1.82, 2.24) is 15.0 Å². The fourth-order valence-corrected chi connectivity index (χ4v) is 2.45. The second kappa shape index (κ2) is 6.69. The van der Waals surface area contributed by atoms with Gasteiger partial charge in [-0.05, 0) is 25.2 Å². The molecule has 1 fully saturated rings. The molecule has 1 aliphatic rings. The lowest BCUT2D eigenvalue weighted by Crippen LogP contribution is -2.33. The van der Waals surface area contributed by atoms with Gasteiger partial charge in [0.15, 0.2) is 0 Å². The first-order chi connectivity index (χ1) is 9.60. The van der Waals surface area contributed by atoms with E-state index in [1.165, 1.54) is 19.3 Å². The van der Waals surface area contributed by atoms with Crippen LogP contribution in [0.15, 0.2) is 0 Å². The van der Waals surface area contributed by atoms with Crippen molar-refractivity contribution in [3.8, 4) is 0 Å². The third kappa shape index (κ3) is 3.69. The highest BCUT2D eigenvalue weighted by molar-refractivity contribution is 5.44. The van der Waals surface area contributed by atoms with E-state index in [-0.39, 0.29) is 0 Å². The number of hydrogen-bond acceptors (Lipinski definition) is 7. The van der Waals surface area contributed by atoms with Gasteiger partial charge in [-0.15, -0.1) is 0 Å². The molecule has 0 aliphatic carbocycles. The van der Waals surface area contributed by atoms with Gasteiger partial charge in [0.05, 0.1) is 0 Å². The van der Waals surface area contributed by atoms with E-state index in [4.69, 9.17) is 5.84 Å². The van der Waals surface area contributed by atoms with Crippen molar-refractivity contribution in [1.29, 1.82) is 0 Å². The SMILES string of the molecule is CC(C)CN(C)c1nc(NN)nc(N2CCCCC2)n1. The molecule has 0 radical (unpaired) electrons. The fourth-order valence-electron chi connectivity index (χ4n) is 2.45. The Labute approximate surface area is 120 Å². The average molecular weight is 279 g/mol. The van der Waals surface area contributed by atoms with Crippen molar-refractivity contribution in [2.75, 3.05) is 41.9 Å². The number of nitrogen functional groups attached to an aromatic ring is 1. The van der Waals surface area contributed by atoms with Crippen molar-refractivity contribution >= 4 is 17.8 Å². The van der Waals surface area contributed by atoms with Crippen LogP contribution in [0.5, 0.6) is 0 Å². The molecule has 3 N–H and O–H groups in total. The average Bonchev–Trinajstić information content (AvgIpc) is 2.47. The number of piperidine rings is 1. The Morgan fingerprint density at radius 3 is 2.50 bits per heavy atom. The smallest absolute Gasteiger partial charge is 0.243 e. The molecule has 1 saturated heterocycles. The minimum absolute atomic E-state index is 0.422. The summed E-state index contributed by atoms with van der Waals surface area (Å²) in [4.78, 5) is 17.6. The zero-order chi connectivity index (χ0) is 14.5. The molecule has 7 heteroatoms. The molecular formula is C13H25N7. The van der Waals surface area contributed by atoms with E-state index in [0.29, 0.717) is 17.8 Å². The minimum atomic E-state index is 0.422. The predicted molar refractivity (Wildman–Crippen MR) is 81.8 cm³/mol. The number of nitrogens with zero attached hydrogens (tertiary/aromatic N) is 5. The van der Waals surface area contributed by atoms with Crippen LogP contribution in [-0.2, 0) is 0 Å². The van der Waals surface area contributed by atoms with Gasteiger partial charge in [-0.3, -0.25) is 5.43 Å². The van der Waals surface area contributed by atoms with Crippen LogP contribution in [0.1, 0.15) is 33.1 Å². The Morgan fingerprint density at radius 2 is 1.90 bits per heavy atom. The maximum Gasteiger partial charge on any atom is 0.243 e. The monoisotopic (exact) mass is 279 g/mol. The van der Waals surface area contributed by atoms with Gasteiger partial charge in [0.25, 0.3) is 0 Å². The Balaban J connectivity index is 2.23. The van der Waals surface area contributed by atoms with Crippen LogP contribution in [0, 0.1) is 5.92 Å². The van der Waals surface area contributed by atoms with E-state index in [9.17, 15) is 0 Å². The summed E-state index contributed by atoms with van der Waals surface area (Å²) >= 11 is 0. The molecule has 20 heavy (non-hydrogen) atoms. The van der Waals surface area contributed by atoms with Crippen LogP contribution in [0.25, 0.3) is 0 Å². The quantitative estimate of drug-likeness (QED) is 0.619. The summed E-state index contributed by atoms with van der Waals surface area (Å²) in [7, 11) is 2.00. The Kier molecular flexibility index (Phi) is 4.94. The molecule has 112 valence electrons. The maximum atomic E-state index is 5.48. The van der Waals surface area contributed by atoms with Gasteiger partial charge in [0.2, 0.25) is 17.8 Å². The van der Waals surface area contributed by atoms with Crippen LogP contribution >= 0.6 is 0 Å². The predicted octanol–water partition coefficient (Wildman–Crippen LogP) is 1.24. The largest absolute Gasteiger partial charge is 0.343 e. The first-order valence-electron chi connectivity index (χ1n) is 7.29. The molecule has 2 heterocycles. The number of aromatic nitrogens is 3. The second-order valence-corrected chi connectivity index (χ2v) is 5.73. The molecule has 0 spiro atoms. The number of nitrogens with two attached hydrogens (primary N) is 1. The van der Waals surface area contributed by atoms with Gasteiger partial charge in [0.1, 0.15) is 0 Å². The van der Waals surface area contributed by atoms with Gasteiger partial charge < -0.3 is 9.80 Å². The van der Waals surface area contributed by atoms with Crippen molar-refractivity contribution in [2.45, 2.75) is 33.1 Å². The van der Waals surface area contributed by atoms with Crippen LogP contribution in [0.2, 0.25) is 0 Å². The Bertz CT molecular complexity index is 429. The van der Waals surface area contributed by atoms with E-state index in [1.807, 2.05) is 11.9 Å². The summed E-state index contributed by atoms with van der Waals surface area (Å²) in [6.07, 6.45) is 3.66. The minimum Gasteiger partial charge on any atom is -0.343 e. The maximum absolute atomic E-state index is 5.48. The molecule has 0 saturated carbocycles. The number of rotatable bonds is 5. The molecule has 0 bridgehead atoms. The number of hydrogen-bond donors (Lipinski definition) is 2.